The second kappa shape index (κ2) is 4.62. The van der Waals surface area contributed by atoms with E-state index in [1.165, 1.54) is 0 Å². The number of benzene rings is 1. The van der Waals surface area contributed by atoms with Crippen molar-refractivity contribution in [2.45, 2.75) is 26.9 Å². The number of carbonyl (C=O) groups excluding carboxylic acids is 1. The minimum absolute atomic E-state index is 0.229. The Balaban J connectivity index is 2.55. The molecule has 0 N–H and O–H groups in total. The molecule has 90 valence electrons. The Morgan fingerprint density at radius 2 is 2.29 bits per heavy atom. The van der Waals surface area contributed by atoms with Gasteiger partial charge in [0.15, 0.2) is 0 Å². The van der Waals surface area contributed by atoms with Crippen molar-refractivity contribution in [2.24, 2.45) is 0 Å². The average Bonchev–Trinajstić information content (AvgIpc) is 2.69. The Kier molecular flexibility index (Phi) is 3.18. The molecule has 0 aromatic heterocycles. The van der Waals surface area contributed by atoms with Crippen molar-refractivity contribution in [1.82, 2.24) is 0 Å². The molecule has 0 bridgehead atoms. The van der Waals surface area contributed by atoms with Crippen molar-refractivity contribution in [1.29, 1.82) is 0 Å². The van der Waals surface area contributed by atoms with E-state index in [9.17, 15) is 4.79 Å². The number of esters is 1. The van der Waals surface area contributed by atoms with Crippen LogP contribution in [-0.2, 0) is 17.8 Å². The van der Waals surface area contributed by atoms with Crippen molar-refractivity contribution >= 4 is 5.97 Å². The molecule has 1 heterocycles. The van der Waals surface area contributed by atoms with Gasteiger partial charge in [-0.2, -0.15) is 0 Å². The lowest BCUT2D eigenvalue weighted by Gasteiger charge is -2.12. The summed E-state index contributed by atoms with van der Waals surface area (Å²) in [6.07, 6.45) is 4.80. The van der Waals surface area contributed by atoms with E-state index in [0.717, 1.165) is 28.9 Å². The van der Waals surface area contributed by atoms with Crippen LogP contribution in [0.5, 0.6) is 5.75 Å². The summed E-state index contributed by atoms with van der Waals surface area (Å²) in [5, 5.41) is 0. The number of allylic oxidation sites excluding steroid dienone is 2. The molecule has 0 radical (unpaired) electrons. The molecule has 0 saturated carbocycles. The van der Waals surface area contributed by atoms with Gasteiger partial charge < -0.3 is 9.47 Å². The van der Waals surface area contributed by atoms with Gasteiger partial charge in [-0.25, -0.2) is 4.79 Å². The van der Waals surface area contributed by atoms with E-state index in [1.54, 1.807) is 7.11 Å². The highest BCUT2D eigenvalue weighted by molar-refractivity contribution is 5.94. The Hall–Kier alpha value is -1.77. The number of ether oxygens (including phenoxy) is 2. The molecule has 3 heteroatoms. The topological polar surface area (TPSA) is 35.5 Å². The lowest BCUT2D eigenvalue weighted by atomic mass is 9.97. The number of carbonyl (C=O) groups is 1. The molecule has 1 aliphatic rings. The van der Waals surface area contributed by atoms with E-state index in [-0.39, 0.29) is 5.97 Å². The predicted molar refractivity (Wildman–Crippen MR) is 65.4 cm³/mol. The monoisotopic (exact) mass is 232 g/mol. The molecule has 1 aromatic rings. The SMILES string of the molecule is C/C=C\Cc1cc2c(c(C)c1OC)COC2=O. The molecule has 0 aliphatic carbocycles. The summed E-state index contributed by atoms with van der Waals surface area (Å²) >= 11 is 0. The highest BCUT2D eigenvalue weighted by Crippen LogP contribution is 2.34. The molecule has 0 saturated heterocycles. The fourth-order valence-electron chi connectivity index (χ4n) is 2.17. The van der Waals surface area contributed by atoms with E-state index in [1.807, 2.05) is 32.1 Å². The highest BCUT2D eigenvalue weighted by Gasteiger charge is 2.26. The summed E-state index contributed by atoms with van der Waals surface area (Å²) in [7, 11) is 1.66. The van der Waals surface area contributed by atoms with E-state index in [2.05, 4.69) is 0 Å². The van der Waals surface area contributed by atoms with Crippen LogP contribution in [0.3, 0.4) is 0 Å². The third-order valence-corrected chi connectivity index (χ3v) is 3.07. The Morgan fingerprint density at radius 1 is 1.53 bits per heavy atom. The molecule has 0 spiro atoms. The van der Waals surface area contributed by atoms with Crippen molar-refractivity contribution in [3.05, 3.63) is 40.5 Å². The van der Waals surface area contributed by atoms with Crippen LogP contribution >= 0.6 is 0 Å². The molecule has 0 fully saturated rings. The van der Waals surface area contributed by atoms with Gasteiger partial charge in [-0.05, 0) is 37.5 Å². The number of rotatable bonds is 3. The lowest BCUT2D eigenvalue weighted by molar-refractivity contribution is 0.0535. The smallest absolute Gasteiger partial charge is 0.338 e. The maximum atomic E-state index is 11.6. The maximum absolute atomic E-state index is 11.6. The maximum Gasteiger partial charge on any atom is 0.338 e. The Bertz CT molecular complexity index is 487. The fourth-order valence-corrected chi connectivity index (χ4v) is 2.17. The van der Waals surface area contributed by atoms with E-state index in [4.69, 9.17) is 9.47 Å². The standard InChI is InChI=1S/C14H16O3/c1-4-5-6-10-7-11-12(8-17-14(11)15)9(2)13(10)16-3/h4-5,7H,6,8H2,1-3H3/b5-4-. The van der Waals surface area contributed by atoms with E-state index >= 15 is 0 Å². The van der Waals surface area contributed by atoms with Crippen LogP contribution in [0.1, 0.15) is 34.0 Å². The molecular weight excluding hydrogens is 216 g/mol. The van der Waals surface area contributed by atoms with Gasteiger partial charge in [-0.1, -0.05) is 12.2 Å². The van der Waals surface area contributed by atoms with Gasteiger partial charge in [0.25, 0.3) is 0 Å². The highest BCUT2D eigenvalue weighted by atomic mass is 16.5. The number of methoxy groups -OCH3 is 1. The van der Waals surface area contributed by atoms with Crippen LogP contribution in [0.15, 0.2) is 18.2 Å². The first-order valence-corrected chi connectivity index (χ1v) is 5.66. The van der Waals surface area contributed by atoms with Crippen molar-refractivity contribution < 1.29 is 14.3 Å². The minimum atomic E-state index is -0.229. The quantitative estimate of drug-likeness (QED) is 0.594. The van der Waals surface area contributed by atoms with Gasteiger partial charge >= 0.3 is 5.97 Å². The largest absolute Gasteiger partial charge is 0.496 e. The summed E-state index contributed by atoms with van der Waals surface area (Å²) in [5.74, 6) is 0.632. The molecule has 2 rings (SSSR count). The molecule has 1 aliphatic heterocycles. The molecule has 0 unspecified atom stereocenters. The van der Waals surface area contributed by atoms with Crippen molar-refractivity contribution in [3.63, 3.8) is 0 Å². The Labute approximate surface area is 101 Å². The molecule has 3 nitrogen and oxygen atoms in total. The minimum Gasteiger partial charge on any atom is -0.496 e. The van der Waals surface area contributed by atoms with Gasteiger partial charge in [0.2, 0.25) is 0 Å². The first-order chi connectivity index (χ1) is 8.19. The lowest BCUT2D eigenvalue weighted by Crippen LogP contribution is -2.01. The Morgan fingerprint density at radius 3 is 2.94 bits per heavy atom. The first-order valence-electron chi connectivity index (χ1n) is 5.66. The van der Waals surface area contributed by atoms with Gasteiger partial charge in [0.05, 0.1) is 12.7 Å². The summed E-state index contributed by atoms with van der Waals surface area (Å²) < 4.78 is 10.5. The molecule has 1 aromatic carbocycles. The summed E-state index contributed by atoms with van der Waals surface area (Å²) in [6, 6.07) is 1.89. The van der Waals surface area contributed by atoms with Gasteiger partial charge in [-0.15, -0.1) is 0 Å². The third-order valence-electron chi connectivity index (χ3n) is 3.07. The molecule has 0 atom stereocenters. The molecule has 17 heavy (non-hydrogen) atoms. The van der Waals surface area contributed by atoms with Crippen molar-refractivity contribution in [2.75, 3.05) is 7.11 Å². The van der Waals surface area contributed by atoms with Crippen molar-refractivity contribution in [3.8, 4) is 5.75 Å². The second-order valence-electron chi connectivity index (χ2n) is 4.07. The summed E-state index contributed by atoms with van der Waals surface area (Å²) in [5.41, 5.74) is 3.68. The third kappa shape index (κ3) is 1.93. The summed E-state index contributed by atoms with van der Waals surface area (Å²) in [4.78, 5) is 11.6. The van der Waals surface area contributed by atoms with Gasteiger partial charge in [0.1, 0.15) is 12.4 Å². The van der Waals surface area contributed by atoms with E-state index in [0.29, 0.717) is 12.2 Å². The van der Waals surface area contributed by atoms with Crippen LogP contribution < -0.4 is 4.74 Å². The van der Waals surface area contributed by atoms with E-state index < -0.39 is 0 Å². The van der Waals surface area contributed by atoms with Gasteiger partial charge in [-0.3, -0.25) is 0 Å². The zero-order valence-electron chi connectivity index (χ0n) is 10.4. The zero-order chi connectivity index (χ0) is 12.4. The van der Waals surface area contributed by atoms with Gasteiger partial charge in [0, 0.05) is 5.56 Å². The zero-order valence-corrected chi connectivity index (χ0v) is 10.4. The first kappa shape index (κ1) is 11.7. The normalized spacial score (nSPS) is 13.9. The predicted octanol–water partition coefficient (Wildman–Crippen LogP) is 2.79. The van der Waals surface area contributed by atoms with Crippen LogP contribution in [0.2, 0.25) is 0 Å². The number of cyclic esters (lactones) is 1. The fraction of sp³-hybridized carbons (Fsp3) is 0.357. The van der Waals surface area contributed by atoms with Crippen LogP contribution in [-0.4, -0.2) is 13.1 Å². The average molecular weight is 232 g/mol. The number of hydrogen-bond acceptors (Lipinski definition) is 3. The number of fused-ring (bicyclic) bond motifs is 1. The molecule has 0 amide bonds. The summed E-state index contributed by atoms with van der Waals surface area (Å²) in [6.45, 7) is 4.31. The second-order valence-corrected chi connectivity index (χ2v) is 4.07. The van der Waals surface area contributed by atoms with Crippen LogP contribution in [0.25, 0.3) is 0 Å². The molecular formula is C14H16O3. The van der Waals surface area contributed by atoms with Crippen LogP contribution in [0, 0.1) is 6.92 Å². The van der Waals surface area contributed by atoms with Crippen LogP contribution in [0.4, 0.5) is 0 Å². The number of hydrogen-bond donors (Lipinski definition) is 0.